The third-order valence-electron chi connectivity index (χ3n) is 5.60. The van der Waals surface area contributed by atoms with Crippen LogP contribution in [0.25, 0.3) is 11.5 Å². The van der Waals surface area contributed by atoms with E-state index < -0.39 is 0 Å². The van der Waals surface area contributed by atoms with Crippen molar-refractivity contribution in [3.63, 3.8) is 0 Å². The van der Waals surface area contributed by atoms with E-state index in [1.165, 1.54) is 43.9 Å². The number of halogens is 1. The van der Waals surface area contributed by atoms with E-state index in [4.69, 9.17) is 20.2 Å². The first-order valence-corrected chi connectivity index (χ1v) is 11.5. The number of nitrogens with zero attached hydrogens (tertiary/aromatic N) is 4. The molecule has 3 aliphatic heterocycles. The van der Waals surface area contributed by atoms with Crippen LogP contribution in [0.5, 0.6) is 11.5 Å². The number of rotatable bonds is 5. The van der Waals surface area contributed by atoms with Gasteiger partial charge >= 0.3 is 0 Å². The second kappa shape index (κ2) is 8.02. The van der Waals surface area contributed by atoms with Crippen LogP contribution in [0.2, 0.25) is 0 Å². The van der Waals surface area contributed by atoms with Crippen LogP contribution in [-0.2, 0) is 6.54 Å². The Kier molecular flexibility index (Phi) is 5.26. The van der Waals surface area contributed by atoms with Gasteiger partial charge in [0.1, 0.15) is 0 Å². The van der Waals surface area contributed by atoms with Gasteiger partial charge in [0.15, 0.2) is 34.0 Å². The maximum absolute atomic E-state index is 6.09. The van der Waals surface area contributed by atoms with Crippen LogP contribution in [0.1, 0.15) is 38.5 Å². The van der Waals surface area contributed by atoms with E-state index in [0.717, 1.165) is 45.6 Å². The minimum absolute atomic E-state index is 0.246. The highest BCUT2D eigenvalue weighted by molar-refractivity contribution is 9.10. The van der Waals surface area contributed by atoms with E-state index in [2.05, 4.69) is 30.5 Å². The van der Waals surface area contributed by atoms with Gasteiger partial charge < -0.3 is 19.8 Å². The average molecular weight is 476 g/mol. The van der Waals surface area contributed by atoms with Gasteiger partial charge in [0.05, 0.1) is 6.33 Å². The fourth-order valence-corrected chi connectivity index (χ4v) is 5.37. The maximum Gasteiger partial charge on any atom is 0.231 e. The molecule has 0 saturated heterocycles. The lowest BCUT2D eigenvalue weighted by Crippen LogP contribution is -2.13. The van der Waals surface area contributed by atoms with Crippen molar-refractivity contribution < 1.29 is 9.47 Å². The summed E-state index contributed by atoms with van der Waals surface area (Å²) in [4.78, 5) is 14.7. The molecule has 0 spiro atoms. The number of anilines is 1. The van der Waals surface area contributed by atoms with Crippen LogP contribution >= 0.6 is 27.7 Å². The Balaban J connectivity index is 1.39. The van der Waals surface area contributed by atoms with E-state index in [1.807, 2.05) is 12.1 Å². The van der Waals surface area contributed by atoms with Gasteiger partial charge in [-0.25, -0.2) is 15.0 Å². The van der Waals surface area contributed by atoms with Crippen molar-refractivity contribution >= 4 is 33.5 Å². The van der Waals surface area contributed by atoms with Crippen LogP contribution in [0.4, 0.5) is 5.82 Å². The summed E-state index contributed by atoms with van der Waals surface area (Å²) in [5.74, 6) is 3.48. The Morgan fingerprint density at radius 1 is 1.14 bits per heavy atom. The Morgan fingerprint density at radius 3 is 2.76 bits per heavy atom. The van der Waals surface area contributed by atoms with Crippen molar-refractivity contribution in [3.05, 3.63) is 22.9 Å². The average Bonchev–Trinajstić information content (AvgIpc) is 3.36. The van der Waals surface area contributed by atoms with Gasteiger partial charge in [-0.3, -0.25) is 0 Å². The molecule has 2 N–H and O–H groups in total. The van der Waals surface area contributed by atoms with Crippen molar-refractivity contribution in [1.82, 2.24) is 19.5 Å². The van der Waals surface area contributed by atoms with Crippen molar-refractivity contribution in [3.8, 4) is 23.0 Å². The summed E-state index contributed by atoms with van der Waals surface area (Å²) >= 11 is 5.06. The quantitative estimate of drug-likeness (QED) is 0.556. The molecule has 1 aromatic carbocycles. The van der Waals surface area contributed by atoms with E-state index in [0.29, 0.717) is 16.7 Å². The first kappa shape index (κ1) is 19.0. The van der Waals surface area contributed by atoms with Crippen LogP contribution in [-0.4, -0.2) is 26.3 Å². The summed E-state index contributed by atoms with van der Waals surface area (Å²) in [6.45, 7) is 1.14. The lowest BCUT2D eigenvalue weighted by Gasteiger charge is -2.22. The second-order valence-corrected chi connectivity index (χ2v) is 9.40. The third-order valence-corrected chi connectivity index (χ3v) is 7.44. The fourth-order valence-electron chi connectivity index (χ4n) is 4.02. The highest BCUT2D eigenvalue weighted by Gasteiger charge is 2.23. The molecule has 29 heavy (non-hydrogen) atoms. The number of nitrogen functional groups attached to an aromatic ring is 1. The summed E-state index contributed by atoms with van der Waals surface area (Å²) in [5, 5.41) is 0.644. The standard InChI is InChI=1S/C20H22BrN5O2S/c21-13-8-14-15(28-11-27-14)9-16(13)29-20-24-17-18(22)23-10-26(19(17)25-20)7-6-12-4-2-1-3-5-12/h8-10,12H,1-7,11,22H2. The summed E-state index contributed by atoms with van der Waals surface area (Å²) in [7, 11) is 0. The number of hydrogen-bond acceptors (Lipinski definition) is 7. The highest BCUT2D eigenvalue weighted by atomic mass is 79.9. The van der Waals surface area contributed by atoms with E-state index in [-0.39, 0.29) is 6.79 Å². The number of aromatic nitrogens is 4. The summed E-state index contributed by atoms with van der Waals surface area (Å²) < 4.78 is 13.9. The number of aryl methyl sites for hydroxylation is 1. The van der Waals surface area contributed by atoms with E-state index in [9.17, 15) is 0 Å². The summed E-state index contributed by atoms with van der Waals surface area (Å²) in [6.07, 6.45) is 9.68. The molecule has 0 amide bonds. The van der Waals surface area contributed by atoms with Crippen molar-refractivity contribution in [2.24, 2.45) is 5.92 Å². The molecule has 1 fully saturated rings. The molecule has 0 bridgehead atoms. The van der Waals surface area contributed by atoms with Gasteiger partial charge in [-0.05, 0) is 52.2 Å². The predicted molar refractivity (Wildman–Crippen MR) is 114 cm³/mol. The maximum atomic E-state index is 6.09. The molecule has 152 valence electrons. The molecule has 5 rings (SSSR count). The Labute approximate surface area is 181 Å². The number of ether oxygens (including phenoxy) is 2. The summed E-state index contributed by atoms with van der Waals surface area (Å²) in [6, 6.07) is 3.85. The first-order valence-electron chi connectivity index (χ1n) is 9.93. The highest BCUT2D eigenvalue weighted by Crippen LogP contribution is 2.43. The lowest BCUT2D eigenvalue weighted by atomic mass is 9.87. The summed E-state index contributed by atoms with van der Waals surface area (Å²) in [5.41, 5.74) is 6.75. The Morgan fingerprint density at radius 2 is 1.93 bits per heavy atom. The Hall–Kier alpha value is -2.00. The number of imidazole rings is 1. The molecule has 0 atom stereocenters. The minimum Gasteiger partial charge on any atom is -0.454 e. The lowest BCUT2D eigenvalue weighted by molar-refractivity contribution is 0.174. The molecule has 4 aliphatic rings. The zero-order valence-corrected chi connectivity index (χ0v) is 18.3. The van der Waals surface area contributed by atoms with Gasteiger partial charge in [-0.15, -0.1) is 0 Å². The normalized spacial score (nSPS) is 16.6. The molecule has 0 radical (unpaired) electrons. The molecule has 1 aliphatic carbocycles. The van der Waals surface area contributed by atoms with Gasteiger partial charge in [0, 0.05) is 15.9 Å². The third kappa shape index (κ3) is 3.90. The van der Waals surface area contributed by atoms with Crippen molar-refractivity contribution in [2.75, 3.05) is 12.5 Å². The van der Waals surface area contributed by atoms with Gasteiger partial charge in [-0.1, -0.05) is 32.1 Å². The van der Waals surface area contributed by atoms with Gasteiger partial charge in [0.2, 0.25) is 6.79 Å². The van der Waals surface area contributed by atoms with Crippen molar-refractivity contribution in [1.29, 1.82) is 0 Å². The molecular weight excluding hydrogens is 454 g/mol. The minimum atomic E-state index is 0.246. The molecule has 1 aromatic rings. The van der Waals surface area contributed by atoms with Crippen LogP contribution < -0.4 is 15.2 Å². The Bertz CT molecular complexity index is 1000. The van der Waals surface area contributed by atoms with Gasteiger partial charge in [0.25, 0.3) is 0 Å². The SMILES string of the molecule is Nc1ncn(CCC2CCCCC2)c2nc(Sc3cc4c(cc3Br)OCO4)nc1-2. The van der Waals surface area contributed by atoms with Crippen LogP contribution in [0.15, 0.2) is 33.0 Å². The molecular formula is C20H22BrN5O2S. The number of benzene rings is 1. The van der Waals surface area contributed by atoms with Crippen LogP contribution in [0, 0.1) is 5.92 Å². The number of fused-ring (bicyclic) bond motifs is 2. The van der Waals surface area contributed by atoms with Crippen molar-refractivity contribution in [2.45, 2.75) is 55.1 Å². The first-order chi connectivity index (χ1) is 14.2. The van der Waals surface area contributed by atoms with E-state index in [1.54, 1.807) is 6.33 Å². The fraction of sp³-hybridized carbons (Fsp3) is 0.450. The zero-order valence-electron chi connectivity index (χ0n) is 15.9. The molecule has 0 aromatic heterocycles. The predicted octanol–water partition coefficient (Wildman–Crippen LogP) is 4.97. The zero-order chi connectivity index (χ0) is 19.8. The number of nitrogens with two attached hydrogens (primary N) is 1. The van der Waals surface area contributed by atoms with Crippen LogP contribution in [0.3, 0.4) is 0 Å². The smallest absolute Gasteiger partial charge is 0.231 e. The molecule has 7 nitrogen and oxygen atoms in total. The largest absolute Gasteiger partial charge is 0.454 e. The topological polar surface area (TPSA) is 88.1 Å². The molecule has 1 saturated carbocycles. The monoisotopic (exact) mass is 475 g/mol. The molecule has 0 unspecified atom stereocenters. The van der Waals surface area contributed by atoms with Gasteiger partial charge in [-0.2, -0.15) is 0 Å². The number of hydrogen-bond donors (Lipinski definition) is 1. The molecule has 9 heteroatoms. The second-order valence-electron chi connectivity index (χ2n) is 7.53. The molecule has 3 heterocycles. The van der Waals surface area contributed by atoms with E-state index >= 15 is 0 Å².